The van der Waals surface area contributed by atoms with E-state index in [9.17, 15) is 0 Å². The van der Waals surface area contributed by atoms with Gasteiger partial charge in [-0.1, -0.05) is 34.8 Å². The fourth-order valence-electron chi connectivity index (χ4n) is 1.81. The van der Waals surface area contributed by atoms with Gasteiger partial charge in [0, 0.05) is 7.05 Å². The Balaban J connectivity index is 2.09. The monoisotopic (exact) mass is 358 g/mol. The van der Waals surface area contributed by atoms with Crippen molar-refractivity contribution in [3.63, 3.8) is 0 Å². The smallest absolute Gasteiger partial charge is 0.225 e. The summed E-state index contributed by atoms with van der Waals surface area (Å²) in [6.45, 7) is 0. The highest BCUT2D eigenvalue weighted by atomic mass is 35.5. The van der Waals surface area contributed by atoms with Crippen molar-refractivity contribution in [2.75, 3.05) is 17.7 Å². The van der Waals surface area contributed by atoms with Crippen LogP contribution in [-0.2, 0) is 0 Å². The zero-order chi connectivity index (χ0) is 15.0. The highest BCUT2D eigenvalue weighted by Crippen LogP contribution is 2.35. The maximum absolute atomic E-state index is 6.19. The molecule has 0 aliphatic heterocycles. The van der Waals surface area contributed by atoms with Crippen LogP contribution in [0.3, 0.4) is 0 Å². The molecule has 3 aromatic rings. The van der Waals surface area contributed by atoms with Crippen molar-refractivity contribution in [3.8, 4) is 0 Å². The van der Waals surface area contributed by atoms with Crippen LogP contribution in [-0.4, -0.2) is 17.0 Å². The first-order chi connectivity index (χ1) is 10.1. The van der Waals surface area contributed by atoms with Crippen molar-refractivity contribution >= 4 is 73.8 Å². The zero-order valence-electron chi connectivity index (χ0n) is 10.7. The molecule has 2 heterocycles. The summed E-state index contributed by atoms with van der Waals surface area (Å²) >= 11 is 19.7. The van der Waals surface area contributed by atoms with Crippen molar-refractivity contribution in [3.05, 3.63) is 38.6 Å². The minimum Gasteiger partial charge on any atom is -0.357 e. The molecule has 21 heavy (non-hydrogen) atoms. The molecule has 0 aliphatic rings. The molecule has 1 aromatic carbocycles. The van der Waals surface area contributed by atoms with Crippen LogP contribution in [0.2, 0.25) is 15.1 Å². The summed E-state index contributed by atoms with van der Waals surface area (Å²) in [5.41, 5.74) is 0.638. The Kier molecular flexibility index (Phi) is 4.08. The summed E-state index contributed by atoms with van der Waals surface area (Å²) < 4.78 is 0. The van der Waals surface area contributed by atoms with Crippen LogP contribution in [0.4, 0.5) is 17.5 Å². The van der Waals surface area contributed by atoms with E-state index in [2.05, 4.69) is 20.6 Å². The molecular formula is C13H9Cl3N4S. The van der Waals surface area contributed by atoms with Crippen molar-refractivity contribution in [1.82, 2.24) is 9.97 Å². The van der Waals surface area contributed by atoms with Crippen LogP contribution in [0.25, 0.3) is 10.2 Å². The van der Waals surface area contributed by atoms with Gasteiger partial charge in [-0.05, 0) is 23.6 Å². The van der Waals surface area contributed by atoms with Gasteiger partial charge in [0.2, 0.25) is 5.95 Å². The van der Waals surface area contributed by atoms with Gasteiger partial charge in [-0.15, -0.1) is 11.3 Å². The average molecular weight is 360 g/mol. The minimum atomic E-state index is 0.409. The van der Waals surface area contributed by atoms with Crippen LogP contribution >= 0.6 is 46.1 Å². The number of aromatic nitrogens is 2. The number of fused-ring (bicyclic) bond motifs is 1. The Morgan fingerprint density at radius 1 is 1.05 bits per heavy atom. The Hall–Kier alpha value is -1.27. The third-order valence-corrected chi connectivity index (χ3v) is 4.65. The number of anilines is 3. The van der Waals surface area contributed by atoms with E-state index < -0.39 is 0 Å². The van der Waals surface area contributed by atoms with Gasteiger partial charge in [0.25, 0.3) is 0 Å². The van der Waals surface area contributed by atoms with Crippen LogP contribution in [0.5, 0.6) is 0 Å². The molecule has 0 saturated carbocycles. The number of rotatable bonds is 3. The third-order valence-electron chi connectivity index (χ3n) is 2.81. The largest absolute Gasteiger partial charge is 0.357 e. The Morgan fingerprint density at radius 3 is 2.57 bits per heavy atom. The molecule has 0 fully saturated rings. The normalized spacial score (nSPS) is 10.9. The number of hydrogen-bond acceptors (Lipinski definition) is 5. The Morgan fingerprint density at radius 2 is 1.81 bits per heavy atom. The van der Waals surface area contributed by atoms with Gasteiger partial charge in [0.05, 0.1) is 26.1 Å². The van der Waals surface area contributed by atoms with E-state index in [4.69, 9.17) is 34.8 Å². The molecule has 8 heteroatoms. The Bertz CT molecular complexity index is 819. The molecule has 0 amide bonds. The van der Waals surface area contributed by atoms with Crippen molar-refractivity contribution in [2.45, 2.75) is 0 Å². The fourth-order valence-corrected chi connectivity index (χ4v) is 3.17. The third kappa shape index (κ3) is 2.87. The first-order valence-electron chi connectivity index (χ1n) is 5.93. The molecule has 0 atom stereocenters. The summed E-state index contributed by atoms with van der Waals surface area (Å²) in [7, 11) is 1.77. The molecule has 0 unspecified atom stereocenters. The zero-order valence-corrected chi connectivity index (χ0v) is 13.8. The van der Waals surface area contributed by atoms with Gasteiger partial charge in [0.15, 0.2) is 0 Å². The molecule has 2 aromatic heterocycles. The second kappa shape index (κ2) is 5.85. The van der Waals surface area contributed by atoms with Gasteiger partial charge < -0.3 is 10.6 Å². The summed E-state index contributed by atoms with van der Waals surface area (Å²) in [6, 6.07) is 5.22. The predicted octanol–water partition coefficient (Wildman–Crippen LogP) is 5.44. The molecule has 0 radical (unpaired) electrons. The van der Waals surface area contributed by atoms with Crippen LogP contribution < -0.4 is 10.6 Å². The van der Waals surface area contributed by atoms with Gasteiger partial charge >= 0.3 is 0 Å². The summed E-state index contributed by atoms with van der Waals surface area (Å²) in [6.07, 6.45) is 0. The lowest BCUT2D eigenvalue weighted by Crippen LogP contribution is -2.01. The number of halogens is 3. The first-order valence-corrected chi connectivity index (χ1v) is 7.94. The van der Waals surface area contributed by atoms with Crippen LogP contribution in [0.1, 0.15) is 0 Å². The summed E-state index contributed by atoms with van der Waals surface area (Å²) in [5.74, 6) is 1.19. The van der Waals surface area contributed by atoms with Gasteiger partial charge in [-0.3, -0.25) is 0 Å². The molecule has 2 N–H and O–H groups in total. The molecule has 108 valence electrons. The van der Waals surface area contributed by atoms with Gasteiger partial charge in [-0.25, -0.2) is 4.98 Å². The molecule has 0 aliphatic carbocycles. The molecule has 3 rings (SSSR count). The number of benzene rings is 1. The molecule has 0 bridgehead atoms. The van der Waals surface area contributed by atoms with E-state index in [1.165, 1.54) is 0 Å². The lowest BCUT2D eigenvalue weighted by molar-refractivity contribution is 1.20. The number of hydrogen-bond donors (Lipinski definition) is 2. The van der Waals surface area contributed by atoms with E-state index in [-0.39, 0.29) is 0 Å². The molecule has 4 nitrogen and oxygen atoms in total. The lowest BCUT2D eigenvalue weighted by Gasteiger charge is -2.11. The van der Waals surface area contributed by atoms with E-state index >= 15 is 0 Å². The predicted molar refractivity (Wildman–Crippen MR) is 91.7 cm³/mol. The second-order valence-electron chi connectivity index (χ2n) is 4.16. The molecule has 0 spiro atoms. The topological polar surface area (TPSA) is 49.8 Å². The maximum Gasteiger partial charge on any atom is 0.225 e. The lowest BCUT2D eigenvalue weighted by atomic mass is 10.3. The quantitative estimate of drug-likeness (QED) is 0.612. The molecule has 0 saturated heterocycles. The number of nitrogens with zero attached hydrogens (tertiary/aromatic N) is 2. The number of nitrogens with one attached hydrogen (secondary N) is 2. The van der Waals surface area contributed by atoms with Crippen molar-refractivity contribution < 1.29 is 0 Å². The summed E-state index contributed by atoms with van der Waals surface area (Å²) in [4.78, 5) is 9.69. The van der Waals surface area contributed by atoms with E-state index in [1.807, 2.05) is 11.4 Å². The average Bonchev–Trinajstić information content (AvgIpc) is 2.93. The van der Waals surface area contributed by atoms with E-state index in [1.54, 1.807) is 30.5 Å². The Labute approximate surface area is 140 Å². The van der Waals surface area contributed by atoms with Crippen LogP contribution in [0.15, 0.2) is 23.6 Å². The standard InChI is InChI=1S/C13H9Cl3N4S/c1-17-13-19-11(6-2-3-21-12(6)20-13)18-10-5-8(15)7(14)4-9(10)16/h2-5H,1H3,(H2,17,18,19,20). The maximum atomic E-state index is 6.19. The van der Waals surface area contributed by atoms with Crippen molar-refractivity contribution in [2.24, 2.45) is 0 Å². The second-order valence-corrected chi connectivity index (χ2v) is 6.27. The van der Waals surface area contributed by atoms with E-state index in [0.717, 1.165) is 10.2 Å². The number of thiophene rings is 1. The molecular weight excluding hydrogens is 351 g/mol. The fraction of sp³-hybridized carbons (Fsp3) is 0.0769. The van der Waals surface area contributed by atoms with Crippen molar-refractivity contribution in [1.29, 1.82) is 0 Å². The highest BCUT2D eigenvalue weighted by Gasteiger charge is 2.11. The minimum absolute atomic E-state index is 0.409. The summed E-state index contributed by atoms with van der Waals surface area (Å²) in [5, 5.41) is 10.3. The SMILES string of the molecule is CNc1nc(Nc2cc(Cl)c(Cl)cc2Cl)c2ccsc2n1. The van der Waals surface area contributed by atoms with E-state index in [0.29, 0.717) is 32.5 Å². The van der Waals surface area contributed by atoms with Gasteiger partial charge in [-0.2, -0.15) is 4.98 Å². The van der Waals surface area contributed by atoms with Gasteiger partial charge in [0.1, 0.15) is 10.6 Å². The van der Waals surface area contributed by atoms with Crippen LogP contribution in [0, 0.1) is 0 Å². The first kappa shape index (κ1) is 14.7. The highest BCUT2D eigenvalue weighted by molar-refractivity contribution is 7.16.